The SMILES string of the molecule is O=C(OCc1csc(-c2ccsc2)n1)c1ccc(F)cc1F. The third-order valence-electron chi connectivity index (χ3n) is 2.82. The van der Waals surface area contributed by atoms with Crippen LogP contribution in [0.5, 0.6) is 0 Å². The number of halogens is 2. The van der Waals surface area contributed by atoms with Gasteiger partial charge in [0.15, 0.2) is 0 Å². The minimum absolute atomic E-state index is 0.0592. The van der Waals surface area contributed by atoms with E-state index >= 15 is 0 Å². The largest absolute Gasteiger partial charge is 0.455 e. The number of esters is 1. The monoisotopic (exact) mass is 337 g/mol. The molecule has 0 radical (unpaired) electrons. The molecule has 0 atom stereocenters. The second-order valence-electron chi connectivity index (χ2n) is 4.36. The van der Waals surface area contributed by atoms with Crippen LogP contribution in [0.4, 0.5) is 8.78 Å². The smallest absolute Gasteiger partial charge is 0.341 e. The second kappa shape index (κ2) is 6.33. The number of thiophene rings is 1. The number of carbonyl (C=O) groups is 1. The maximum atomic E-state index is 13.5. The third kappa shape index (κ3) is 3.20. The molecule has 7 heteroatoms. The Bertz CT molecular complexity index is 800. The van der Waals surface area contributed by atoms with Crippen LogP contribution in [0.25, 0.3) is 10.6 Å². The molecule has 112 valence electrons. The molecule has 3 rings (SSSR count). The van der Waals surface area contributed by atoms with E-state index in [4.69, 9.17) is 4.74 Å². The van der Waals surface area contributed by atoms with Crippen molar-refractivity contribution in [3.63, 3.8) is 0 Å². The van der Waals surface area contributed by atoms with Crippen LogP contribution in [0.15, 0.2) is 40.4 Å². The van der Waals surface area contributed by atoms with Gasteiger partial charge in [0.05, 0.1) is 11.3 Å². The van der Waals surface area contributed by atoms with Crippen molar-refractivity contribution in [1.29, 1.82) is 0 Å². The van der Waals surface area contributed by atoms with Gasteiger partial charge < -0.3 is 4.74 Å². The first-order chi connectivity index (χ1) is 10.6. The molecule has 0 N–H and O–H groups in total. The van der Waals surface area contributed by atoms with Crippen LogP contribution in [0, 0.1) is 11.6 Å². The van der Waals surface area contributed by atoms with E-state index < -0.39 is 17.6 Å². The number of aromatic nitrogens is 1. The number of benzene rings is 1. The van der Waals surface area contributed by atoms with Gasteiger partial charge in [-0.05, 0) is 23.6 Å². The van der Waals surface area contributed by atoms with Gasteiger partial charge >= 0.3 is 5.97 Å². The molecule has 2 heterocycles. The standard InChI is InChI=1S/C15H9F2NO2S2/c16-10-1-2-12(13(17)5-10)15(19)20-6-11-8-22-14(18-11)9-3-4-21-7-9/h1-5,7-8H,6H2. The van der Waals surface area contributed by atoms with Gasteiger partial charge in [0.1, 0.15) is 23.2 Å². The van der Waals surface area contributed by atoms with Crippen molar-refractivity contribution in [3.8, 4) is 10.6 Å². The Kier molecular flexibility index (Phi) is 4.26. The molecule has 0 saturated carbocycles. The van der Waals surface area contributed by atoms with Gasteiger partial charge in [0.2, 0.25) is 0 Å². The van der Waals surface area contributed by atoms with Gasteiger partial charge in [-0.3, -0.25) is 0 Å². The molecule has 0 unspecified atom stereocenters. The summed E-state index contributed by atoms with van der Waals surface area (Å²) in [5.41, 5.74) is 1.30. The molecule has 3 nitrogen and oxygen atoms in total. The number of ether oxygens (including phenoxy) is 1. The fourth-order valence-electron chi connectivity index (χ4n) is 1.76. The minimum atomic E-state index is -0.942. The van der Waals surface area contributed by atoms with Crippen LogP contribution in [0.1, 0.15) is 16.1 Å². The Morgan fingerprint density at radius 2 is 2.09 bits per heavy atom. The summed E-state index contributed by atoms with van der Waals surface area (Å²) in [5, 5.41) is 6.54. The number of thiazole rings is 1. The molecule has 2 aromatic heterocycles. The topological polar surface area (TPSA) is 39.2 Å². The fourth-order valence-corrected chi connectivity index (χ4v) is 3.28. The first kappa shape index (κ1) is 14.8. The number of nitrogens with zero attached hydrogens (tertiary/aromatic N) is 1. The summed E-state index contributed by atoms with van der Waals surface area (Å²) in [6.45, 7) is -0.0592. The first-order valence-corrected chi connectivity index (χ1v) is 8.05. The molecular weight excluding hydrogens is 328 g/mol. The number of hydrogen-bond acceptors (Lipinski definition) is 5. The number of hydrogen-bond donors (Lipinski definition) is 0. The van der Waals surface area contributed by atoms with Crippen molar-refractivity contribution in [2.45, 2.75) is 6.61 Å². The van der Waals surface area contributed by atoms with Gasteiger partial charge in [-0.2, -0.15) is 11.3 Å². The molecule has 0 aliphatic rings. The normalized spacial score (nSPS) is 10.6. The van der Waals surface area contributed by atoms with Crippen molar-refractivity contribution in [3.05, 3.63) is 63.3 Å². The average molecular weight is 337 g/mol. The highest BCUT2D eigenvalue weighted by molar-refractivity contribution is 7.14. The number of rotatable bonds is 4. The molecule has 0 aliphatic carbocycles. The highest BCUT2D eigenvalue weighted by Gasteiger charge is 2.15. The van der Waals surface area contributed by atoms with E-state index in [0.29, 0.717) is 11.8 Å². The zero-order valence-electron chi connectivity index (χ0n) is 11.1. The van der Waals surface area contributed by atoms with Crippen molar-refractivity contribution in [2.24, 2.45) is 0 Å². The Hall–Kier alpha value is -2.12. The van der Waals surface area contributed by atoms with E-state index in [-0.39, 0.29) is 12.2 Å². The molecule has 0 bridgehead atoms. The summed E-state index contributed by atoms with van der Waals surface area (Å²) in [6, 6.07) is 4.67. The van der Waals surface area contributed by atoms with Crippen LogP contribution in [0.3, 0.4) is 0 Å². The predicted molar refractivity (Wildman–Crippen MR) is 80.9 cm³/mol. The van der Waals surface area contributed by atoms with Crippen molar-refractivity contribution >= 4 is 28.6 Å². The molecular formula is C15H9F2NO2S2. The molecule has 0 amide bonds. The van der Waals surface area contributed by atoms with Crippen LogP contribution in [-0.2, 0) is 11.3 Å². The van der Waals surface area contributed by atoms with E-state index in [9.17, 15) is 13.6 Å². The molecule has 0 saturated heterocycles. The fraction of sp³-hybridized carbons (Fsp3) is 0.0667. The molecule has 1 aromatic carbocycles. The first-order valence-electron chi connectivity index (χ1n) is 6.22. The van der Waals surface area contributed by atoms with E-state index in [0.717, 1.165) is 22.7 Å². The number of carbonyl (C=O) groups excluding carboxylic acids is 1. The lowest BCUT2D eigenvalue weighted by Crippen LogP contribution is -2.08. The van der Waals surface area contributed by atoms with Gasteiger partial charge in [-0.15, -0.1) is 11.3 Å². The van der Waals surface area contributed by atoms with Gasteiger partial charge in [0, 0.05) is 22.4 Å². The lowest BCUT2D eigenvalue weighted by molar-refractivity contribution is 0.0463. The van der Waals surface area contributed by atoms with E-state index in [2.05, 4.69) is 4.98 Å². The van der Waals surface area contributed by atoms with E-state index in [1.807, 2.05) is 16.8 Å². The van der Waals surface area contributed by atoms with Crippen molar-refractivity contribution in [2.75, 3.05) is 0 Å². The Labute approximate surface area is 132 Å². The molecule has 0 aliphatic heterocycles. The summed E-state index contributed by atoms with van der Waals surface area (Å²) < 4.78 is 31.3. The molecule has 22 heavy (non-hydrogen) atoms. The zero-order chi connectivity index (χ0) is 15.5. The van der Waals surface area contributed by atoms with Crippen molar-refractivity contribution in [1.82, 2.24) is 4.98 Å². The quantitative estimate of drug-likeness (QED) is 0.658. The van der Waals surface area contributed by atoms with Crippen LogP contribution in [0.2, 0.25) is 0 Å². The summed E-state index contributed by atoms with van der Waals surface area (Å²) in [7, 11) is 0. The zero-order valence-corrected chi connectivity index (χ0v) is 12.7. The average Bonchev–Trinajstić information content (AvgIpc) is 3.16. The van der Waals surface area contributed by atoms with Crippen LogP contribution in [-0.4, -0.2) is 11.0 Å². The highest BCUT2D eigenvalue weighted by Crippen LogP contribution is 2.26. The lowest BCUT2D eigenvalue weighted by Gasteiger charge is -2.04. The maximum Gasteiger partial charge on any atom is 0.341 e. The molecule has 3 aromatic rings. The van der Waals surface area contributed by atoms with Gasteiger partial charge in [-0.1, -0.05) is 0 Å². The van der Waals surface area contributed by atoms with Gasteiger partial charge in [0.25, 0.3) is 0 Å². The molecule has 0 spiro atoms. The Morgan fingerprint density at radius 1 is 1.23 bits per heavy atom. The summed E-state index contributed by atoms with van der Waals surface area (Å²) in [5.74, 6) is -2.53. The van der Waals surface area contributed by atoms with Gasteiger partial charge in [-0.25, -0.2) is 18.6 Å². The Morgan fingerprint density at radius 3 is 2.82 bits per heavy atom. The Balaban J connectivity index is 1.66. The second-order valence-corrected chi connectivity index (χ2v) is 5.99. The van der Waals surface area contributed by atoms with E-state index in [1.165, 1.54) is 11.3 Å². The van der Waals surface area contributed by atoms with Crippen molar-refractivity contribution < 1.29 is 18.3 Å². The summed E-state index contributed by atoms with van der Waals surface area (Å²) in [6.07, 6.45) is 0. The lowest BCUT2D eigenvalue weighted by atomic mass is 10.2. The molecule has 0 fully saturated rings. The summed E-state index contributed by atoms with van der Waals surface area (Å²) >= 11 is 3.01. The third-order valence-corrected chi connectivity index (χ3v) is 4.45. The van der Waals surface area contributed by atoms with Crippen LogP contribution < -0.4 is 0 Å². The summed E-state index contributed by atoms with van der Waals surface area (Å²) in [4.78, 5) is 16.1. The minimum Gasteiger partial charge on any atom is -0.455 e. The van der Waals surface area contributed by atoms with Crippen LogP contribution >= 0.6 is 22.7 Å². The maximum absolute atomic E-state index is 13.5. The van der Waals surface area contributed by atoms with E-state index in [1.54, 1.807) is 16.7 Å². The highest BCUT2D eigenvalue weighted by atomic mass is 32.1. The predicted octanol–water partition coefficient (Wildman–Crippen LogP) is 4.51.